The third kappa shape index (κ3) is 3.36. The lowest BCUT2D eigenvalue weighted by molar-refractivity contribution is 0.681. The molecular weight excluding hydrogens is 109 g/mol. The smallest absolute Gasteiger partial charge is 0.227 e. The summed E-state index contributed by atoms with van der Waals surface area (Å²) >= 11 is 0. The average Bonchev–Trinajstić information content (AvgIpc) is 2.00. The Kier molecular flexibility index (Phi) is 3.54. The van der Waals surface area contributed by atoms with Crippen LogP contribution >= 0.6 is 0 Å². The summed E-state index contributed by atoms with van der Waals surface area (Å²) in [5.41, 5.74) is 0. The quantitative estimate of drug-likeness (QED) is 0.474. The van der Waals surface area contributed by atoms with Crippen molar-refractivity contribution in [2.75, 3.05) is 6.54 Å². The van der Waals surface area contributed by atoms with E-state index in [-0.39, 0.29) is 0 Å². The molecule has 1 heterocycles. The maximum absolute atomic E-state index is 3.34. The van der Waals surface area contributed by atoms with Gasteiger partial charge in [-0.15, -0.1) is 5.98 Å². The molecule has 0 saturated heterocycles. The van der Waals surface area contributed by atoms with Crippen LogP contribution < -0.4 is 5.23 Å². The third-order valence-corrected chi connectivity index (χ3v) is 1.65. The molecule has 0 atom stereocenters. The van der Waals surface area contributed by atoms with Gasteiger partial charge >= 0.3 is 0 Å². The zero-order valence-electron chi connectivity index (χ0n) is 5.90. The standard InChI is InChI=1S/C7H14BN/c1-2-4-6-8-9-7-5-3-1/h4,6,8-9H,1-3,5,7H2/b6-4-. The number of hydrogen-bond donors (Lipinski definition) is 1. The van der Waals surface area contributed by atoms with Crippen LogP contribution in [0.3, 0.4) is 0 Å². The minimum atomic E-state index is 1.07. The predicted octanol–water partition coefficient (Wildman–Crippen LogP) is 1.02. The van der Waals surface area contributed by atoms with E-state index in [1.54, 1.807) is 0 Å². The zero-order valence-corrected chi connectivity index (χ0v) is 5.90. The topological polar surface area (TPSA) is 12.0 Å². The van der Waals surface area contributed by atoms with Crippen molar-refractivity contribution in [3.05, 3.63) is 12.1 Å². The first kappa shape index (κ1) is 6.88. The normalized spacial score (nSPS) is 24.9. The van der Waals surface area contributed by atoms with Gasteiger partial charge in [-0.05, 0) is 25.8 Å². The predicted molar refractivity (Wildman–Crippen MR) is 42.8 cm³/mol. The van der Waals surface area contributed by atoms with Gasteiger partial charge in [0.15, 0.2) is 0 Å². The lowest BCUT2D eigenvalue weighted by Gasteiger charge is -1.96. The number of nitrogens with one attached hydrogen (secondary N) is 1. The van der Waals surface area contributed by atoms with Crippen LogP contribution in [0.25, 0.3) is 0 Å². The SMILES string of the molecule is B1/C=C\CCCCCN1. The summed E-state index contributed by atoms with van der Waals surface area (Å²) < 4.78 is 0. The van der Waals surface area contributed by atoms with E-state index in [2.05, 4.69) is 17.3 Å². The summed E-state index contributed by atoms with van der Waals surface area (Å²) in [4.78, 5) is 0. The van der Waals surface area contributed by atoms with E-state index >= 15 is 0 Å². The highest BCUT2D eigenvalue weighted by molar-refractivity contribution is 6.38. The van der Waals surface area contributed by atoms with Crippen LogP contribution in [0.5, 0.6) is 0 Å². The Morgan fingerprint density at radius 1 is 1.22 bits per heavy atom. The van der Waals surface area contributed by atoms with Gasteiger partial charge in [-0.2, -0.15) is 0 Å². The number of allylic oxidation sites excluding steroid dienone is 1. The van der Waals surface area contributed by atoms with Gasteiger partial charge in [-0.25, -0.2) is 0 Å². The van der Waals surface area contributed by atoms with Crippen molar-refractivity contribution in [2.24, 2.45) is 0 Å². The molecule has 1 nitrogen and oxygen atoms in total. The second-order valence-corrected chi connectivity index (χ2v) is 2.52. The Bertz CT molecular complexity index is 80.9. The second kappa shape index (κ2) is 4.63. The third-order valence-electron chi connectivity index (χ3n) is 1.65. The average molecular weight is 123 g/mol. The van der Waals surface area contributed by atoms with E-state index in [1.165, 1.54) is 32.2 Å². The lowest BCUT2D eigenvalue weighted by atomic mass is 9.94. The Morgan fingerprint density at radius 3 is 3.22 bits per heavy atom. The van der Waals surface area contributed by atoms with Crippen molar-refractivity contribution < 1.29 is 0 Å². The van der Waals surface area contributed by atoms with Crippen LogP contribution in [0.2, 0.25) is 0 Å². The molecule has 50 valence electrons. The Labute approximate surface area is 57.8 Å². The van der Waals surface area contributed by atoms with Crippen molar-refractivity contribution in [1.82, 2.24) is 5.23 Å². The molecule has 1 rings (SSSR count). The molecule has 0 aromatic carbocycles. The first-order valence-corrected chi connectivity index (χ1v) is 3.86. The molecule has 0 aromatic rings. The monoisotopic (exact) mass is 123 g/mol. The fraction of sp³-hybridized carbons (Fsp3) is 0.714. The molecule has 0 radical (unpaired) electrons. The van der Waals surface area contributed by atoms with E-state index in [9.17, 15) is 0 Å². The number of hydrogen-bond acceptors (Lipinski definition) is 1. The van der Waals surface area contributed by atoms with Gasteiger partial charge in [-0.1, -0.05) is 12.5 Å². The summed E-state index contributed by atoms with van der Waals surface area (Å²) in [6, 6.07) is 0. The maximum atomic E-state index is 3.34. The molecule has 1 aliphatic heterocycles. The fourth-order valence-corrected chi connectivity index (χ4v) is 1.08. The van der Waals surface area contributed by atoms with Gasteiger partial charge < -0.3 is 5.23 Å². The Morgan fingerprint density at radius 2 is 2.22 bits per heavy atom. The minimum Gasteiger partial charge on any atom is -0.355 e. The highest BCUT2D eigenvalue weighted by Crippen LogP contribution is 2.00. The van der Waals surface area contributed by atoms with E-state index in [0.717, 1.165) is 7.41 Å². The highest BCUT2D eigenvalue weighted by Gasteiger charge is 1.90. The number of rotatable bonds is 0. The Balaban J connectivity index is 2.15. The molecule has 9 heavy (non-hydrogen) atoms. The van der Waals surface area contributed by atoms with Gasteiger partial charge in [0.2, 0.25) is 7.41 Å². The molecule has 0 bridgehead atoms. The molecule has 0 unspecified atom stereocenters. The first-order chi connectivity index (χ1) is 4.50. The Hall–Kier alpha value is -0.235. The molecule has 0 fully saturated rings. The molecule has 0 aliphatic carbocycles. The van der Waals surface area contributed by atoms with Crippen LogP contribution in [-0.4, -0.2) is 14.0 Å². The van der Waals surface area contributed by atoms with Gasteiger partial charge in [0.05, 0.1) is 0 Å². The molecule has 1 aliphatic rings. The minimum absolute atomic E-state index is 1.07. The van der Waals surface area contributed by atoms with Crippen LogP contribution in [0, 0.1) is 0 Å². The maximum Gasteiger partial charge on any atom is 0.227 e. The molecule has 0 saturated carbocycles. The summed E-state index contributed by atoms with van der Waals surface area (Å²) in [5, 5.41) is 3.34. The molecule has 1 N–H and O–H groups in total. The van der Waals surface area contributed by atoms with E-state index in [1.807, 2.05) is 0 Å². The molecular formula is C7H14BN. The fourth-order valence-electron chi connectivity index (χ4n) is 1.08. The van der Waals surface area contributed by atoms with Crippen LogP contribution in [0.15, 0.2) is 12.1 Å². The van der Waals surface area contributed by atoms with Crippen LogP contribution in [-0.2, 0) is 0 Å². The largest absolute Gasteiger partial charge is 0.355 e. The van der Waals surface area contributed by atoms with E-state index in [4.69, 9.17) is 0 Å². The summed E-state index contributed by atoms with van der Waals surface area (Å²) in [6.07, 6.45) is 7.66. The van der Waals surface area contributed by atoms with E-state index in [0.29, 0.717) is 0 Å². The summed E-state index contributed by atoms with van der Waals surface area (Å²) in [7, 11) is 1.07. The van der Waals surface area contributed by atoms with Crippen molar-refractivity contribution in [2.45, 2.75) is 25.7 Å². The van der Waals surface area contributed by atoms with Gasteiger partial charge in [0.25, 0.3) is 0 Å². The molecule has 2 heteroatoms. The van der Waals surface area contributed by atoms with Crippen molar-refractivity contribution in [3.8, 4) is 0 Å². The van der Waals surface area contributed by atoms with Crippen molar-refractivity contribution >= 4 is 7.41 Å². The summed E-state index contributed by atoms with van der Waals surface area (Å²) in [6.45, 7) is 1.20. The van der Waals surface area contributed by atoms with Crippen LogP contribution in [0.1, 0.15) is 25.7 Å². The molecule has 0 aromatic heterocycles. The van der Waals surface area contributed by atoms with Crippen molar-refractivity contribution in [3.63, 3.8) is 0 Å². The molecule has 0 spiro atoms. The van der Waals surface area contributed by atoms with E-state index < -0.39 is 0 Å². The highest BCUT2D eigenvalue weighted by atomic mass is 14.7. The van der Waals surface area contributed by atoms with Crippen molar-refractivity contribution in [1.29, 1.82) is 0 Å². The van der Waals surface area contributed by atoms with Gasteiger partial charge in [0.1, 0.15) is 0 Å². The van der Waals surface area contributed by atoms with Gasteiger partial charge in [0, 0.05) is 0 Å². The van der Waals surface area contributed by atoms with Crippen LogP contribution in [0.4, 0.5) is 0 Å². The van der Waals surface area contributed by atoms with Gasteiger partial charge in [-0.3, -0.25) is 0 Å². The lowest BCUT2D eigenvalue weighted by Crippen LogP contribution is -2.17. The second-order valence-electron chi connectivity index (χ2n) is 2.52. The first-order valence-electron chi connectivity index (χ1n) is 3.86. The molecule has 0 amide bonds. The summed E-state index contributed by atoms with van der Waals surface area (Å²) in [5.74, 6) is 2.23. The zero-order chi connectivity index (χ0) is 6.36.